The molecule has 2 nitrogen and oxygen atoms in total. The van der Waals surface area contributed by atoms with Gasteiger partial charge in [0.1, 0.15) is 0 Å². The van der Waals surface area contributed by atoms with E-state index in [0.717, 1.165) is 0 Å². The zero-order chi connectivity index (χ0) is 7.07. The maximum Gasteiger partial charge on any atom is 0.0487 e. The third kappa shape index (κ3) is 3.63. The molecule has 1 N–H and O–H groups in total. The Labute approximate surface area is 67.9 Å². The van der Waals surface area contributed by atoms with Crippen LogP contribution in [0.25, 0.3) is 0 Å². The Morgan fingerprint density at radius 3 is 2.70 bits per heavy atom. The van der Waals surface area contributed by atoms with E-state index in [1.165, 1.54) is 5.75 Å². The minimum Gasteiger partial charge on any atom is -0.286 e. The van der Waals surface area contributed by atoms with Gasteiger partial charge in [0.05, 0.1) is 0 Å². The van der Waals surface area contributed by atoms with Crippen LogP contribution in [0.3, 0.4) is 0 Å². The second-order valence-electron chi connectivity index (χ2n) is 1.52. The third-order valence-corrected chi connectivity index (χ3v) is 2.71. The molecule has 0 bridgehead atoms. The monoisotopic (exact) mass is 172 g/mol. The molecule has 0 atom stereocenters. The number of hydrogen-bond donors (Lipinski definition) is 1. The maximum atomic E-state index is 3.60. The van der Waals surface area contributed by atoms with Crippen LogP contribution in [-0.2, 0) is 0 Å². The lowest BCUT2D eigenvalue weighted by Crippen LogP contribution is -1.53. The number of nitrogens with zero attached hydrogens (tertiary/aromatic N) is 1. The van der Waals surface area contributed by atoms with Gasteiger partial charge in [-0.15, -0.1) is 0 Å². The van der Waals surface area contributed by atoms with Gasteiger partial charge in [0.2, 0.25) is 0 Å². The lowest BCUT2D eigenvalue weighted by molar-refractivity contribution is 1.09. The molecular formula is C6H8N2S2. The zero-order valence-corrected chi connectivity index (χ0v) is 6.99. The summed E-state index contributed by atoms with van der Waals surface area (Å²) < 4.78 is 0. The molecule has 1 aromatic heterocycles. The van der Waals surface area contributed by atoms with E-state index >= 15 is 0 Å². The van der Waals surface area contributed by atoms with Gasteiger partial charge in [0.25, 0.3) is 0 Å². The highest BCUT2D eigenvalue weighted by Gasteiger charge is 1.85. The Morgan fingerprint density at radius 2 is 2.50 bits per heavy atom. The summed E-state index contributed by atoms with van der Waals surface area (Å²) in [6.45, 7) is 0. The lowest BCUT2D eigenvalue weighted by Gasteiger charge is -1.69. The first-order chi connectivity index (χ1) is 5.00. The first kappa shape index (κ1) is 7.75. The van der Waals surface area contributed by atoms with Crippen LogP contribution in [0.4, 0.5) is 0 Å². The van der Waals surface area contributed by atoms with Crippen LogP contribution in [0.1, 0.15) is 0 Å². The van der Waals surface area contributed by atoms with Gasteiger partial charge in [-0.05, 0) is 11.5 Å². The molecule has 0 saturated carbocycles. The molecule has 0 aliphatic carbocycles. The molecule has 0 spiro atoms. The Bertz CT molecular complexity index is 149. The van der Waals surface area contributed by atoms with Crippen LogP contribution in [0.5, 0.6) is 0 Å². The van der Waals surface area contributed by atoms with E-state index in [1.807, 2.05) is 27.7 Å². The van der Waals surface area contributed by atoms with Crippen LogP contribution in [0.2, 0.25) is 0 Å². The summed E-state index contributed by atoms with van der Waals surface area (Å²) in [6, 6.07) is 1.83. The second-order valence-corrected chi connectivity index (χ2v) is 3.84. The van der Waals surface area contributed by atoms with Gasteiger partial charge in [-0.25, -0.2) is 0 Å². The van der Waals surface area contributed by atoms with Crippen molar-refractivity contribution in [1.29, 1.82) is 0 Å². The number of H-pyrrole nitrogens is 1. The third-order valence-electron chi connectivity index (χ3n) is 0.790. The van der Waals surface area contributed by atoms with Crippen molar-refractivity contribution >= 4 is 21.6 Å². The summed E-state index contributed by atoms with van der Waals surface area (Å²) in [5.74, 6) is 1.20. The molecule has 54 valence electrons. The first-order valence-electron chi connectivity index (χ1n) is 2.87. The fourth-order valence-corrected chi connectivity index (χ4v) is 1.98. The number of aromatic amines is 1. The Balaban J connectivity index is 0.0000001000. The second kappa shape index (κ2) is 5.44. The molecule has 10 heavy (non-hydrogen) atoms. The van der Waals surface area contributed by atoms with Crippen LogP contribution in [-0.4, -0.2) is 16.0 Å². The molecule has 1 aliphatic rings. The van der Waals surface area contributed by atoms with Crippen molar-refractivity contribution in [2.24, 2.45) is 0 Å². The van der Waals surface area contributed by atoms with Gasteiger partial charge >= 0.3 is 0 Å². The topological polar surface area (TPSA) is 28.7 Å². The van der Waals surface area contributed by atoms with Crippen molar-refractivity contribution < 1.29 is 0 Å². The number of aromatic nitrogens is 2. The minimum absolute atomic E-state index is 1.20. The van der Waals surface area contributed by atoms with Crippen LogP contribution in [0, 0.1) is 0 Å². The highest BCUT2D eigenvalue weighted by Crippen LogP contribution is 2.27. The summed E-state index contributed by atoms with van der Waals surface area (Å²) in [5.41, 5.74) is 0. The predicted octanol–water partition coefficient (Wildman–Crippen LogP) is 2.30. The van der Waals surface area contributed by atoms with E-state index in [0.29, 0.717) is 0 Å². The van der Waals surface area contributed by atoms with Crippen LogP contribution in [0.15, 0.2) is 29.9 Å². The van der Waals surface area contributed by atoms with E-state index in [9.17, 15) is 0 Å². The van der Waals surface area contributed by atoms with E-state index < -0.39 is 0 Å². The molecule has 0 radical (unpaired) electrons. The van der Waals surface area contributed by atoms with Crippen molar-refractivity contribution in [3.63, 3.8) is 0 Å². The van der Waals surface area contributed by atoms with Crippen LogP contribution >= 0.6 is 21.6 Å². The summed E-state index contributed by atoms with van der Waals surface area (Å²) in [6.07, 6.45) is 5.62. The predicted molar refractivity (Wildman–Crippen MR) is 47.8 cm³/mol. The Hall–Kier alpha value is -0.350. The SMILES string of the molecule is C1=CSSC1.c1cn[nH]c1. The average molecular weight is 172 g/mol. The first-order valence-corrected chi connectivity index (χ1v) is 5.25. The number of hydrogen-bond acceptors (Lipinski definition) is 3. The average Bonchev–Trinajstić information content (AvgIpc) is 2.67. The van der Waals surface area contributed by atoms with Crippen molar-refractivity contribution in [2.75, 3.05) is 5.75 Å². The van der Waals surface area contributed by atoms with Gasteiger partial charge in [-0.3, -0.25) is 5.10 Å². The van der Waals surface area contributed by atoms with Gasteiger partial charge < -0.3 is 0 Å². The van der Waals surface area contributed by atoms with Gasteiger partial charge in [-0.2, -0.15) is 5.10 Å². The largest absolute Gasteiger partial charge is 0.286 e. The number of nitrogens with one attached hydrogen (secondary N) is 1. The number of rotatable bonds is 0. The molecule has 1 aromatic rings. The fourth-order valence-electron chi connectivity index (χ4n) is 0.412. The van der Waals surface area contributed by atoms with E-state index in [4.69, 9.17) is 0 Å². The standard InChI is InChI=1S/C3H4N2.C3H4S2/c2*1-2-4-5-3-1/h1-3H,(H,4,5);1-2H,3H2. The maximum absolute atomic E-state index is 3.60. The molecule has 1 aliphatic heterocycles. The smallest absolute Gasteiger partial charge is 0.0487 e. The molecule has 0 amide bonds. The van der Waals surface area contributed by atoms with Gasteiger partial charge in [0, 0.05) is 18.1 Å². The van der Waals surface area contributed by atoms with Crippen molar-refractivity contribution in [3.8, 4) is 0 Å². The van der Waals surface area contributed by atoms with Crippen molar-refractivity contribution in [1.82, 2.24) is 10.2 Å². The highest BCUT2D eigenvalue weighted by molar-refractivity contribution is 8.78. The molecule has 0 fully saturated rings. The summed E-state index contributed by atoms with van der Waals surface area (Å²) in [7, 11) is 3.69. The summed E-state index contributed by atoms with van der Waals surface area (Å²) in [4.78, 5) is 0. The van der Waals surface area contributed by atoms with E-state index in [-0.39, 0.29) is 0 Å². The molecule has 0 aromatic carbocycles. The van der Waals surface area contributed by atoms with Gasteiger partial charge in [0.15, 0.2) is 0 Å². The minimum atomic E-state index is 1.20. The zero-order valence-electron chi connectivity index (χ0n) is 5.36. The fraction of sp³-hybridized carbons (Fsp3) is 0.167. The van der Waals surface area contributed by atoms with Gasteiger partial charge in [-0.1, -0.05) is 27.7 Å². The Kier molecular flexibility index (Phi) is 4.21. The molecule has 2 rings (SSSR count). The normalized spacial score (nSPS) is 14.4. The molecule has 0 unspecified atom stereocenters. The Morgan fingerprint density at radius 1 is 1.50 bits per heavy atom. The van der Waals surface area contributed by atoms with Crippen molar-refractivity contribution in [2.45, 2.75) is 0 Å². The molecule has 4 heteroatoms. The van der Waals surface area contributed by atoms with Crippen molar-refractivity contribution in [3.05, 3.63) is 29.9 Å². The lowest BCUT2D eigenvalue weighted by atomic mass is 10.8. The molecule has 2 heterocycles. The molecule has 0 saturated heterocycles. The summed E-state index contributed by atoms with van der Waals surface area (Å²) >= 11 is 0. The van der Waals surface area contributed by atoms with E-state index in [2.05, 4.69) is 21.7 Å². The highest BCUT2D eigenvalue weighted by atomic mass is 33.1. The quantitative estimate of drug-likeness (QED) is 0.609. The molecular weight excluding hydrogens is 164 g/mol. The summed E-state index contributed by atoms with van der Waals surface area (Å²) in [5, 5.41) is 8.32. The van der Waals surface area contributed by atoms with Crippen LogP contribution < -0.4 is 0 Å². The van der Waals surface area contributed by atoms with E-state index in [1.54, 1.807) is 12.4 Å².